The van der Waals surface area contributed by atoms with Crippen LogP contribution >= 0.6 is 11.3 Å². The van der Waals surface area contributed by atoms with Crippen molar-refractivity contribution in [3.63, 3.8) is 0 Å². The standard InChI is InChI=1S/C11H16N2OS/c1-8(2)5-13-4-3-9-10(6-13)15-11(7-14)12-9/h7-8H,3-6H2,1-2H3. The minimum Gasteiger partial charge on any atom is -0.298 e. The third kappa shape index (κ3) is 2.44. The van der Waals surface area contributed by atoms with Crippen molar-refractivity contribution in [1.29, 1.82) is 0 Å². The molecule has 0 saturated heterocycles. The van der Waals surface area contributed by atoms with Crippen LogP contribution in [0.3, 0.4) is 0 Å². The molecule has 82 valence electrons. The van der Waals surface area contributed by atoms with E-state index in [0.717, 1.165) is 38.0 Å². The highest BCUT2D eigenvalue weighted by Gasteiger charge is 2.20. The van der Waals surface area contributed by atoms with Gasteiger partial charge in [0, 0.05) is 30.9 Å². The molecular weight excluding hydrogens is 208 g/mol. The predicted molar refractivity (Wildman–Crippen MR) is 61.3 cm³/mol. The van der Waals surface area contributed by atoms with Gasteiger partial charge in [0.2, 0.25) is 0 Å². The Labute approximate surface area is 94.1 Å². The maximum atomic E-state index is 10.6. The van der Waals surface area contributed by atoms with Gasteiger partial charge in [0.15, 0.2) is 11.3 Å². The monoisotopic (exact) mass is 224 g/mol. The summed E-state index contributed by atoms with van der Waals surface area (Å²) in [5, 5.41) is 0.631. The second-order valence-electron chi connectivity index (χ2n) is 4.42. The zero-order valence-corrected chi connectivity index (χ0v) is 10.0. The smallest absolute Gasteiger partial charge is 0.178 e. The number of aromatic nitrogens is 1. The second-order valence-corrected chi connectivity index (χ2v) is 5.53. The minimum absolute atomic E-state index is 0.631. The summed E-state index contributed by atoms with van der Waals surface area (Å²) in [7, 11) is 0. The quantitative estimate of drug-likeness (QED) is 0.736. The number of thiazole rings is 1. The van der Waals surface area contributed by atoms with Gasteiger partial charge >= 0.3 is 0 Å². The summed E-state index contributed by atoms with van der Waals surface area (Å²) < 4.78 is 0. The molecule has 15 heavy (non-hydrogen) atoms. The Kier molecular flexibility index (Phi) is 3.17. The summed E-state index contributed by atoms with van der Waals surface area (Å²) in [6.45, 7) is 7.65. The first-order chi connectivity index (χ1) is 7.19. The van der Waals surface area contributed by atoms with E-state index in [1.165, 1.54) is 4.88 Å². The number of fused-ring (bicyclic) bond motifs is 1. The Balaban J connectivity index is 2.08. The van der Waals surface area contributed by atoms with E-state index in [2.05, 4.69) is 23.7 Å². The SMILES string of the molecule is CC(C)CN1CCc2nc(C=O)sc2C1. The van der Waals surface area contributed by atoms with Crippen LogP contribution in [0.25, 0.3) is 0 Å². The molecule has 0 spiro atoms. The molecule has 0 amide bonds. The predicted octanol–water partition coefficient (Wildman–Crippen LogP) is 1.97. The van der Waals surface area contributed by atoms with Crippen molar-refractivity contribution in [1.82, 2.24) is 9.88 Å². The van der Waals surface area contributed by atoms with E-state index in [9.17, 15) is 4.79 Å². The fourth-order valence-electron chi connectivity index (χ4n) is 1.99. The number of aldehydes is 1. The van der Waals surface area contributed by atoms with E-state index in [4.69, 9.17) is 0 Å². The maximum absolute atomic E-state index is 10.6. The van der Waals surface area contributed by atoms with Crippen LogP contribution in [0.4, 0.5) is 0 Å². The number of nitrogens with zero attached hydrogens (tertiary/aromatic N) is 2. The zero-order chi connectivity index (χ0) is 10.8. The molecule has 1 aliphatic rings. The molecule has 0 unspecified atom stereocenters. The summed E-state index contributed by atoms with van der Waals surface area (Å²) >= 11 is 1.55. The van der Waals surface area contributed by atoms with Crippen LogP contribution in [-0.4, -0.2) is 29.3 Å². The lowest BCUT2D eigenvalue weighted by Gasteiger charge is -2.27. The molecule has 0 atom stereocenters. The molecular formula is C11H16N2OS. The van der Waals surface area contributed by atoms with Gasteiger partial charge in [0.25, 0.3) is 0 Å². The topological polar surface area (TPSA) is 33.2 Å². The van der Waals surface area contributed by atoms with Crippen LogP contribution < -0.4 is 0 Å². The summed E-state index contributed by atoms with van der Waals surface area (Å²) in [4.78, 5) is 18.7. The average molecular weight is 224 g/mol. The maximum Gasteiger partial charge on any atom is 0.178 e. The second kappa shape index (κ2) is 4.41. The molecule has 1 aliphatic heterocycles. The van der Waals surface area contributed by atoms with Gasteiger partial charge in [-0.2, -0.15) is 0 Å². The molecule has 1 aromatic rings. The number of rotatable bonds is 3. The van der Waals surface area contributed by atoms with Crippen molar-refractivity contribution in [3.05, 3.63) is 15.6 Å². The van der Waals surface area contributed by atoms with Gasteiger partial charge in [-0.3, -0.25) is 9.69 Å². The zero-order valence-electron chi connectivity index (χ0n) is 9.19. The van der Waals surface area contributed by atoms with E-state index >= 15 is 0 Å². The average Bonchev–Trinajstić information content (AvgIpc) is 2.58. The lowest BCUT2D eigenvalue weighted by atomic mass is 10.1. The van der Waals surface area contributed by atoms with Crippen LogP contribution in [0, 0.1) is 5.92 Å². The molecule has 0 aliphatic carbocycles. The lowest BCUT2D eigenvalue weighted by Crippen LogP contribution is -2.32. The molecule has 2 heterocycles. The van der Waals surface area contributed by atoms with Crippen molar-refractivity contribution in [3.8, 4) is 0 Å². The van der Waals surface area contributed by atoms with Gasteiger partial charge in [-0.25, -0.2) is 4.98 Å². The van der Waals surface area contributed by atoms with Crippen LogP contribution in [-0.2, 0) is 13.0 Å². The molecule has 0 aromatic carbocycles. The third-order valence-corrected chi connectivity index (χ3v) is 3.56. The van der Waals surface area contributed by atoms with Crippen molar-refractivity contribution in [2.24, 2.45) is 5.92 Å². The first-order valence-corrected chi connectivity index (χ1v) is 6.17. The third-order valence-electron chi connectivity index (χ3n) is 2.55. The van der Waals surface area contributed by atoms with Crippen molar-refractivity contribution in [2.75, 3.05) is 13.1 Å². The van der Waals surface area contributed by atoms with Gasteiger partial charge in [-0.05, 0) is 5.92 Å². The number of hydrogen-bond acceptors (Lipinski definition) is 4. The molecule has 0 fully saturated rings. The minimum atomic E-state index is 0.631. The fraction of sp³-hybridized carbons (Fsp3) is 0.636. The highest BCUT2D eigenvalue weighted by Crippen LogP contribution is 2.24. The normalized spacial score (nSPS) is 16.7. The van der Waals surface area contributed by atoms with Crippen molar-refractivity contribution in [2.45, 2.75) is 26.8 Å². The Morgan fingerprint density at radius 2 is 2.40 bits per heavy atom. The molecule has 0 N–H and O–H groups in total. The highest BCUT2D eigenvalue weighted by molar-refractivity contribution is 7.13. The molecule has 4 heteroatoms. The van der Waals surface area contributed by atoms with Crippen LogP contribution in [0.2, 0.25) is 0 Å². The summed E-state index contributed by atoms with van der Waals surface area (Å²) in [6.07, 6.45) is 1.85. The Morgan fingerprint density at radius 1 is 1.60 bits per heavy atom. The van der Waals surface area contributed by atoms with E-state index in [0.29, 0.717) is 10.9 Å². The highest BCUT2D eigenvalue weighted by atomic mass is 32.1. The first kappa shape index (κ1) is 10.8. The van der Waals surface area contributed by atoms with E-state index in [1.54, 1.807) is 11.3 Å². The summed E-state index contributed by atoms with van der Waals surface area (Å²) in [5.41, 5.74) is 1.14. The summed E-state index contributed by atoms with van der Waals surface area (Å²) in [5.74, 6) is 0.699. The van der Waals surface area contributed by atoms with Gasteiger partial charge in [0.1, 0.15) is 0 Å². The number of carbonyl (C=O) groups excluding carboxylic acids is 1. The molecule has 0 saturated carbocycles. The molecule has 0 bridgehead atoms. The van der Waals surface area contributed by atoms with E-state index in [1.807, 2.05) is 0 Å². The molecule has 2 rings (SSSR count). The Hall–Kier alpha value is -0.740. The Morgan fingerprint density at radius 3 is 3.07 bits per heavy atom. The first-order valence-electron chi connectivity index (χ1n) is 5.35. The van der Waals surface area contributed by atoms with Crippen LogP contribution in [0.15, 0.2) is 0 Å². The molecule has 3 nitrogen and oxygen atoms in total. The van der Waals surface area contributed by atoms with Crippen molar-refractivity contribution >= 4 is 17.6 Å². The number of hydrogen-bond donors (Lipinski definition) is 0. The van der Waals surface area contributed by atoms with Gasteiger partial charge in [-0.1, -0.05) is 13.8 Å². The van der Waals surface area contributed by atoms with E-state index in [-0.39, 0.29) is 0 Å². The van der Waals surface area contributed by atoms with Gasteiger partial charge < -0.3 is 0 Å². The van der Waals surface area contributed by atoms with E-state index < -0.39 is 0 Å². The van der Waals surface area contributed by atoms with Gasteiger partial charge in [0.05, 0.1) is 5.69 Å². The number of carbonyl (C=O) groups is 1. The fourth-order valence-corrected chi connectivity index (χ4v) is 2.96. The largest absolute Gasteiger partial charge is 0.298 e. The Bertz CT molecular complexity index is 359. The summed E-state index contributed by atoms with van der Waals surface area (Å²) in [6, 6.07) is 0. The van der Waals surface area contributed by atoms with Crippen LogP contribution in [0.5, 0.6) is 0 Å². The van der Waals surface area contributed by atoms with Crippen molar-refractivity contribution < 1.29 is 4.79 Å². The van der Waals surface area contributed by atoms with Crippen LogP contribution in [0.1, 0.15) is 34.2 Å². The molecule has 0 radical (unpaired) electrons. The molecule has 1 aromatic heterocycles. The van der Waals surface area contributed by atoms with Gasteiger partial charge in [-0.15, -0.1) is 11.3 Å². The lowest BCUT2D eigenvalue weighted by molar-refractivity contribution is 0.112.